The van der Waals surface area contributed by atoms with Crippen molar-refractivity contribution in [3.8, 4) is 5.75 Å². The molecule has 0 saturated carbocycles. The van der Waals surface area contributed by atoms with E-state index in [9.17, 15) is 4.79 Å². The first kappa shape index (κ1) is 16.1. The van der Waals surface area contributed by atoms with Crippen LogP contribution in [0.4, 0.5) is 0 Å². The summed E-state index contributed by atoms with van der Waals surface area (Å²) >= 11 is 0. The summed E-state index contributed by atoms with van der Waals surface area (Å²) in [4.78, 5) is 17.1. The van der Waals surface area contributed by atoms with Crippen molar-refractivity contribution >= 4 is 16.9 Å². The van der Waals surface area contributed by atoms with Crippen LogP contribution in [-0.4, -0.2) is 22.1 Å². The molecule has 0 radical (unpaired) electrons. The molecule has 0 bridgehead atoms. The summed E-state index contributed by atoms with van der Waals surface area (Å²) in [6.07, 6.45) is 0. The van der Waals surface area contributed by atoms with E-state index in [1.165, 1.54) is 0 Å². The maximum atomic E-state index is 12.5. The summed E-state index contributed by atoms with van der Waals surface area (Å²) in [6.45, 7) is 5.68. The van der Waals surface area contributed by atoms with E-state index in [1.54, 1.807) is 12.1 Å². The molecule has 3 aromatic rings. The summed E-state index contributed by atoms with van der Waals surface area (Å²) in [5.41, 5.74) is 2.57. The first-order valence-corrected chi connectivity index (χ1v) is 8.18. The van der Waals surface area contributed by atoms with Crippen LogP contribution in [0.3, 0.4) is 0 Å². The van der Waals surface area contributed by atoms with Crippen molar-refractivity contribution in [3.63, 3.8) is 0 Å². The number of aromatic nitrogens is 2. The number of nitrogens with zero attached hydrogens (tertiary/aromatic N) is 2. The van der Waals surface area contributed by atoms with Crippen LogP contribution < -0.4 is 10.1 Å². The van der Waals surface area contributed by atoms with Gasteiger partial charge in [-0.2, -0.15) is 0 Å². The standard InChI is InChI=1S/C19H21N3O2/c1-3-22-16-11-7-6-10-15(16)21-18(22)13-20-19(23)14-9-5-8-12-17(14)24-4-2/h5-12H,3-4,13H2,1-2H3,(H,20,23). The molecule has 0 aliphatic carbocycles. The minimum Gasteiger partial charge on any atom is -0.493 e. The fourth-order valence-corrected chi connectivity index (χ4v) is 2.80. The summed E-state index contributed by atoms with van der Waals surface area (Å²) in [6, 6.07) is 15.3. The minimum absolute atomic E-state index is 0.159. The van der Waals surface area contributed by atoms with E-state index in [-0.39, 0.29) is 5.91 Å². The minimum atomic E-state index is -0.159. The van der Waals surface area contributed by atoms with Gasteiger partial charge in [-0.15, -0.1) is 0 Å². The Morgan fingerprint density at radius 2 is 1.88 bits per heavy atom. The number of hydrogen-bond donors (Lipinski definition) is 1. The second-order valence-electron chi connectivity index (χ2n) is 5.37. The topological polar surface area (TPSA) is 56.1 Å². The Hall–Kier alpha value is -2.82. The molecule has 2 aromatic carbocycles. The van der Waals surface area contributed by atoms with Crippen molar-refractivity contribution in [2.45, 2.75) is 26.9 Å². The van der Waals surface area contributed by atoms with E-state index in [4.69, 9.17) is 4.74 Å². The third kappa shape index (κ3) is 3.11. The number of ether oxygens (including phenoxy) is 1. The smallest absolute Gasteiger partial charge is 0.255 e. The van der Waals surface area contributed by atoms with Gasteiger partial charge in [-0.1, -0.05) is 24.3 Å². The molecule has 24 heavy (non-hydrogen) atoms. The van der Waals surface area contributed by atoms with Crippen molar-refractivity contribution in [2.24, 2.45) is 0 Å². The highest BCUT2D eigenvalue weighted by Gasteiger charge is 2.14. The number of hydrogen-bond acceptors (Lipinski definition) is 3. The van der Waals surface area contributed by atoms with Crippen molar-refractivity contribution in [2.75, 3.05) is 6.61 Å². The van der Waals surface area contributed by atoms with E-state index in [0.717, 1.165) is 23.4 Å². The predicted octanol–water partition coefficient (Wildman–Crippen LogP) is 3.38. The molecule has 0 spiro atoms. The Morgan fingerprint density at radius 3 is 2.67 bits per heavy atom. The SMILES string of the molecule is CCOc1ccccc1C(=O)NCc1nc2ccccc2n1CC. The molecule has 1 heterocycles. The van der Waals surface area contributed by atoms with E-state index in [0.29, 0.717) is 24.5 Å². The van der Waals surface area contributed by atoms with Gasteiger partial charge >= 0.3 is 0 Å². The molecule has 0 aliphatic rings. The van der Waals surface area contributed by atoms with Crippen molar-refractivity contribution in [1.82, 2.24) is 14.9 Å². The van der Waals surface area contributed by atoms with Crippen LogP contribution in [0.25, 0.3) is 11.0 Å². The maximum Gasteiger partial charge on any atom is 0.255 e. The van der Waals surface area contributed by atoms with Gasteiger partial charge in [-0.3, -0.25) is 4.79 Å². The van der Waals surface area contributed by atoms with Gasteiger partial charge in [0.05, 0.1) is 29.7 Å². The zero-order chi connectivity index (χ0) is 16.9. The molecule has 124 valence electrons. The number of fused-ring (bicyclic) bond motifs is 1. The zero-order valence-corrected chi connectivity index (χ0v) is 14.0. The van der Waals surface area contributed by atoms with Gasteiger partial charge in [0.1, 0.15) is 11.6 Å². The monoisotopic (exact) mass is 323 g/mol. The lowest BCUT2D eigenvalue weighted by atomic mass is 10.2. The highest BCUT2D eigenvalue weighted by molar-refractivity contribution is 5.96. The summed E-state index contributed by atoms with van der Waals surface area (Å²) in [7, 11) is 0. The molecular formula is C19H21N3O2. The summed E-state index contributed by atoms with van der Waals surface area (Å²) < 4.78 is 7.64. The molecule has 0 unspecified atom stereocenters. The lowest BCUT2D eigenvalue weighted by Crippen LogP contribution is -2.25. The molecule has 5 nitrogen and oxygen atoms in total. The highest BCUT2D eigenvalue weighted by atomic mass is 16.5. The summed E-state index contributed by atoms with van der Waals surface area (Å²) in [5, 5.41) is 2.95. The molecule has 0 aliphatic heterocycles. The fraction of sp³-hybridized carbons (Fsp3) is 0.263. The largest absolute Gasteiger partial charge is 0.493 e. The molecule has 0 saturated heterocycles. The molecule has 5 heteroatoms. The third-order valence-corrected chi connectivity index (χ3v) is 3.89. The van der Waals surface area contributed by atoms with Gasteiger partial charge in [-0.05, 0) is 38.1 Å². The van der Waals surface area contributed by atoms with Crippen LogP contribution in [-0.2, 0) is 13.1 Å². The Morgan fingerprint density at radius 1 is 1.12 bits per heavy atom. The first-order chi connectivity index (χ1) is 11.7. The number of carbonyl (C=O) groups excluding carboxylic acids is 1. The lowest BCUT2D eigenvalue weighted by molar-refractivity contribution is 0.0945. The Balaban J connectivity index is 1.80. The van der Waals surface area contributed by atoms with Gasteiger partial charge in [0.2, 0.25) is 0 Å². The number of aryl methyl sites for hydroxylation is 1. The summed E-state index contributed by atoms with van der Waals surface area (Å²) in [5.74, 6) is 1.29. The van der Waals surface area contributed by atoms with Crippen LogP contribution in [0.1, 0.15) is 30.0 Å². The molecular weight excluding hydrogens is 302 g/mol. The van der Waals surface area contributed by atoms with E-state index in [2.05, 4.69) is 21.8 Å². The molecule has 1 N–H and O–H groups in total. The van der Waals surface area contributed by atoms with E-state index >= 15 is 0 Å². The average Bonchev–Trinajstić information content (AvgIpc) is 2.98. The Bertz CT molecular complexity index is 855. The van der Waals surface area contributed by atoms with Gasteiger partial charge < -0.3 is 14.6 Å². The van der Waals surface area contributed by atoms with Gasteiger partial charge in [-0.25, -0.2) is 4.98 Å². The normalized spacial score (nSPS) is 10.8. The number of imidazole rings is 1. The van der Waals surface area contributed by atoms with Crippen LogP contribution in [0, 0.1) is 0 Å². The molecule has 0 atom stereocenters. The second kappa shape index (κ2) is 7.17. The van der Waals surface area contributed by atoms with E-state index < -0.39 is 0 Å². The van der Waals surface area contributed by atoms with Crippen molar-refractivity contribution < 1.29 is 9.53 Å². The zero-order valence-electron chi connectivity index (χ0n) is 14.0. The number of nitrogens with one attached hydrogen (secondary N) is 1. The average molecular weight is 323 g/mol. The van der Waals surface area contributed by atoms with Crippen molar-refractivity contribution in [1.29, 1.82) is 0 Å². The molecule has 3 rings (SSSR count). The number of amides is 1. The van der Waals surface area contributed by atoms with Crippen molar-refractivity contribution in [3.05, 3.63) is 59.9 Å². The fourth-order valence-electron chi connectivity index (χ4n) is 2.80. The molecule has 1 amide bonds. The highest BCUT2D eigenvalue weighted by Crippen LogP contribution is 2.19. The molecule has 1 aromatic heterocycles. The molecule has 0 fully saturated rings. The van der Waals surface area contributed by atoms with Gasteiger partial charge in [0.25, 0.3) is 5.91 Å². The first-order valence-electron chi connectivity index (χ1n) is 8.18. The van der Waals surface area contributed by atoms with Crippen LogP contribution in [0.5, 0.6) is 5.75 Å². The quantitative estimate of drug-likeness (QED) is 0.756. The van der Waals surface area contributed by atoms with E-state index in [1.807, 2.05) is 43.3 Å². The number of rotatable bonds is 6. The number of benzene rings is 2. The van der Waals surface area contributed by atoms with Crippen LogP contribution >= 0.6 is 0 Å². The predicted molar refractivity (Wildman–Crippen MR) is 94.2 cm³/mol. The maximum absolute atomic E-state index is 12.5. The lowest BCUT2D eigenvalue weighted by Gasteiger charge is -2.11. The van der Waals surface area contributed by atoms with Gasteiger partial charge in [0, 0.05) is 6.54 Å². The number of para-hydroxylation sites is 3. The second-order valence-corrected chi connectivity index (χ2v) is 5.37. The Kier molecular flexibility index (Phi) is 4.79. The van der Waals surface area contributed by atoms with Gasteiger partial charge in [0.15, 0.2) is 0 Å². The third-order valence-electron chi connectivity index (χ3n) is 3.89. The Labute approximate surface area is 141 Å². The number of carbonyl (C=O) groups is 1. The van der Waals surface area contributed by atoms with Crippen LogP contribution in [0.2, 0.25) is 0 Å². The van der Waals surface area contributed by atoms with Crippen LogP contribution in [0.15, 0.2) is 48.5 Å².